The van der Waals surface area contributed by atoms with Crippen molar-refractivity contribution in [2.75, 3.05) is 27.2 Å². The standard InChI is InChI=1S/C20H20N4O2S/c1-23(2)20(26)18-17(14-5-3-4-6-16(14)27-18)13-7-10-24(12-13)19(25)15-11-21-8-9-22-15/h3-6,8-9,11,13H,7,10,12H2,1-2H3/t13-/m1/s1. The smallest absolute Gasteiger partial charge is 0.274 e. The van der Waals surface area contributed by atoms with E-state index in [9.17, 15) is 9.59 Å². The molecule has 4 rings (SSSR count). The summed E-state index contributed by atoms with van der Waals surface area (Å²) in [6, 6.07) is 8.11. The molecular weight excluding hydrogens is 360 g/mol. The second-order valence-corrected chi connectivity index (χ2v) is 7.92. The predicted octanol–water partition coefficient (Wildman–Crippen LogP) is 3.02. The van der Waals surface area contributed by atoms with E-state index >= 15 is 0 Å². The van der Waals surface area contributed by atoms with E-state index in [-0.39, 0.29) is 17.7 Å². The van der Waals surface area contributed by atoms with Crippen LogP contribution in [0.15, 0.2) is 42.9 Å². The monoisotopic (exact) mass is 380 g/mol. The van der Waals surface area contributed by atoms with Gasteiger partial charge in [0.2, 0.25) is 0 Å². The van der Waals surface area contributed by atoms with Gasteiger partial charge in [0.1, 0.15) is 5.69 Å². The van der Waals surface area contributed by atoms with Crippen molar-refractivity contribution >= 4 is 33.2 Å². The number of fused-ring (bicyclic) bond motifs is 1. The van der Waals surface area contributed by atoms with Gasteiger partial charge in [-0.1, -0.05) is 18.2 Å². The molecule has 7 heteroatoms. The molecule has 1 fully saturated rings. The van der Waals surface area contributed by atoms with Crippen molar-refractivity contribution in [3.05, 3.63) is 59.0 Å². The first-order valence-electron chi connectivity index (χ1n) is 8.84. The molecule has 0 unspecified atom stereocenters. The lowest BCUT2D eigenvalue weighted by atomic mass is 9.95. The molecule has 138 valence electrons. The molecule has 0 N–H and O–H groups in total. The van der Waals surface area contributed by atoms with Crippen LogP contribution in [-0.2, 0) is 0 Å². The second-order valence-electron chi connectivity index (χ2n) is 6.87. The van der Waals surface area contributed by atoms with Gasteiger partial charge < -0.3 is 9.80 Å². The molecular formula is C20H20N4O2S. The van der Waals surface area contributed by atoms with Crippen LogP contribution in [0.3, 0.4) is 0 Å². The minimum atomic E-state index is -0.106. The van der Waals surface area contributed by atoms with Crippen molar-refractivity contribution in [1.29, 1.82) is 0 Å². The summed E-state index contributed by atoms with van der Waals surface area (Å²) in [5, 5.41) is 1.12. The fraction of sp³-hybridized carbons (Fsp3) is 0.300. The largest absolute Gasteiger partial charge is 0.344 e. The number of amides is 2. The highest BCUT2D eigenvalue weighted by atomic mass is 32.1. The quantitative estimate of drug-likeness (QED) is 0.701. The summed E-state index contributed by atoms with van der Waals surface area (Å²) in [5.41, 5.74) is 1.43. The molecule has 1 aliphatic rings. The van der Waals surface area contributed by atoms with Crippen LogP contribution in [0.2, 0.25) is 0 Å². The van der Waals surface area contributed by atoms with Crippen molar-refractivity contribution in [2.45, 2.75) is 12.3 Å². The molecule has 6 nitrogen and oxygen atoms in total. The summed E-state index contributed by atoms with van der Waals surface area (Å²) in [6.45, 7) is 1.24. The molecule has 1 saturated heterocycles. The number of carbonyl (C=O) groups excluding carboxylic acids is 2. The van der Waals surface area contributed by atoms with Crippen LogP contribution >= 0.6 is 11.3 Å². The first-order valence-corrected chi connectivity index (χ1v) is 9.66. The van der Waals surface area contributed by atoms with E-state index in [4.69, 9.17) is 0 Å². The Bertz CT molecular complexity index is 1000. The summed E-state index contributed by atoms with van der Waals surface area (Å²) in [5.74, 6) is 0.0520. The Morgan fingerprint density at radius 3 is 2.78 bits per heavy atom. The molecule has 1 aliphatic heterocycles. The average Bonchev–Trinajstić information content (AvgIpc) is 3.31. The summed E-state index contributed by atoms with van der Waals surface area (Å²) in [6.07, 6.45) is 5.41. The molecule has 1 atom stereocenters. The van der Waals surface area contributed by atoms with Gasteiger partial charge >= 0.3 is 0 Å². The van der Waals surface area contributed by atoms with Crippen molar-refractivity contribution in [3.8, 4) is 0 Å². The van der Waals surface area contributed by atoms with Gasteiger partial charge in [-0.25, -0.2) is 4.98 Å². The van der Waals surface area contributed by atoms with E-state index in [0.717, 1.165) is 26.9 Å². The molecule has 0 spiro atoms. The van der Waals surface area contributed by atoms with Crippen LogP contribution in [-0.4, -0.2) is 58.8 Å². The average molecular weight is 380 g/mol. The third-order valence-electron chi connectivity index (χ3n) is 4.90. The third kappa shape index (κ3) is 3.19. The van der Waals surface area contributed by atoms with Crippen LogP contribution in [0.4, 0.5) is 0 Å². The Kier molecular flexibility index (Phi) is 4.61. The first kappa shape index (κ1) is 17.6. The van der Waals surface area contributed by atoms with Crippen molar-refractivity contribution in [2.24, 2.45) is 0 Å². The van der Waals surface area contributed by atoms with Gasteiger partial charge in [-0.3, -0.25) is 14.6 Å². The van der Waals surface area contributed by atoms with E-state index in [2.05, 4.69) is 16.0 Å². The van der Waals surface area contributed by atoms with Crippen molar-refractivity contribution in [1.82, 2.24) is 19.8 Å². The topological polar surface area (TPSA) is 66.4 Å². The minimum Gasteiger partial charge on any atom is -0.344 e. The van der Waals surface area contributed by atoms with Crippen LogP contribution in [0.25, 0.3) is 10.1 Å². The van der Waals surface area contributed by atoms with E-state index in [1.807, 2.05) is 23.1 Å². The molecule has 3 aromatic rings. The minimum absolute atomic E-state index is 0.0184. The number of rotatable bonds is 3. The number of likely N-dealkylation sites (tertiary alicyclic amines) is 1. The van der Waals surface area contributed by atoms with E-state index < -0.39 is 0 Å². The van der Waals surface area contributed by atoms with Gasteiger partial charge in [0.25, 0.3) is 11.8 Å². The molecule has 0 radical (unpaired) electrons. The molecule has 0 bridgehead atoms. The molecule has 0 aliphatic carbocycles. The summed E-state index contributed by atoms with van der Waals surface area (Å²) in [4.78, 5) is 37.8. The lowest BCUT2D eigenvalue weighted by molar-refractivity contribution is 0.0784. The van der Waals surface area contributed by atoms with Gasteiger partial charge in [-0.2, -0.15) is 0 Å². The van der Waals surface area contributed by atoms with Gasteiger partial charge in [-0.05, 0) is 23.4 Å². The normalized spacial score (nSPS) is 16.7. The number of thiophene rings is 1. The first-order chi connectivity index (χ1) is 13.1. The highest BCUT2D eigenvalue weighted by molar-refractivity contribution is 7.21. The SMILES string of the molecule is CN(C)C(=O)c1sc2ccccc2c1[C@@H]1CCN(C(=O)c2cnccn2)C1. The summed E-state index contributed by atoms with van der Waals surface area (Å²) >= 11 is 1.54. The molecule has 3 heterocycles. The molecule has 0 saturated carbocycles. The second kappa shape index (κ2) is 7.08. The highest BCUT2D eigenvalue weighted by Crippen LogP contribution is 2.40. The zero-order chi connectivity index (χ0) is 19.0. The van der Waals surface area contributed by atoms with Gasteiger partial charge in [-0.15, -0.1) is 11.3 Å². The fourth-order valence-electron chi connectivity index (χ4n) is 3.58. The zero-order valence-electron chi connectivity index (χ0n) is 15.3. The van der Waals surface area contributed by atoms with E-state index in [0.29, 0.717) is 18.8 Å². The van der Waals surface area contributed by atoms with Gasteiger partial charge in [0.05, 0.1) is 11.1 Å². The molecule has 2 amide bonds. The maximum atomic E-state index is 12.8. The number of benzene rings is 1. The summed E-state index contributed by atoms with van der Waals surface area (Å²) < 4.78 is 1.11. The Morgan fingerprint density at radius 1 is 1.22 bits per heavy atom. The van der Waals surface area contributed by atoms with E-state index in [1.165, 1.54) is 23.7 Å². The highest BCUT2D eigenvalue weighted by Gasteiger charge is 2.33. The lowest BCUT2D eigenvalue weighted by Crippen LogP contribution is -2.29. The number of nitrogens with zero attached hydrogens (tertiary/aromatic N) is 4. The van der Waals surface area contributed by atoms with Crippen LogP contribution in [0, 0.1) is 0 Å². The van der Waals surface area contributed by atoms with Crippen LogP contribution < -0.4 is 0 Å². The van der Waals surface area contributed by atoms with E-state index in [1.54, 1.807) is 25.2 Å². The van der Waals surface area contributed by atoms with Gasteiger partial charge in [0.15, 0.2) is 0 Å². The Labute approximate surface area is 161 Å². The number of carbonyl (C=O) groups is 2. The third-order valence-corrected chi connectivity index (χ3v) is 6.07. The summed E-state index contributed by atoms with van der Waals surface area (Å²) in [7, 11) is 3.55. The number of aromatic nitrogens is 2. The van der Waals surface area contributed by atoms with Crippen LogP contribution in [0.5, 0.6) is 0 Å². The zero-order valence-corrected chi connectivity index (χ0v) is 16.1. The Morgan fingerprint density at radius 2 is 2.04 bits per heavy atom. The van der Waals surface area contributed by atoms with Crippen molar-refractivity contribution < 1.29 is 9.59 Å². The maximum absolute atomic E-state index is 12.8. The number of hydrogen-bond acceptors (Lipinski definition) is 5. The Hall–Kier alpha value is -2.80. The predicted molar refractivity (Wildman–Crippen MR) is 105 cm³/mol. The number of hydrogen-bond donors (Lipinski definition) is 0. The molecule has 2 aromatic heterocycles. The fourth-order valence-corrected chi connectivity index (χ4v) is 4.90. The van der Waals surface area contributed by atoms with Crippen molar-refractivity contribution in [3.63, 3.8) is 0 Å². The maximum Gasteiger partial charge on any atom is 0.274 e. The van der Waals surface area contributed by atoms with Gasteiger partial charge in [0, 0.05) is 50.2 Å². The lowest BCUT2D eigenvalue weighted by Gasteiger charge is -2.17. The Balaban J connectivity index is 1.68. The van der Waals surface area contributed by atoms with Crippen LogP contribution in [0.1, 0.15) is 38.1 Å². The molecule has 27 heavy (non-hydrogen) atoms. The molecule has 1 aromatic carbocycles.